The van der Waals surface area contributed by atoms with Crippen molar-refractivity contribution < 1.29 is 14.3 Å². The number of carbonyl (C=O) groups is 2. The number of hydrogen-bond donors (Lipinski definition) is 1. The molecule has 0 spiro atoms. The van der Waals surface area contributed by atoms with E-state index in [4.69, 9.17) is 4.74 Å². The van der Waals surface area contributed by atoms with Crippen LogP contribution in [0.25, 0.3) is 0 Å². The SMILES string of the molecule is Cc1ccccc1OCC(=O)NC1CCN(C(=O)C2CC2)CC1. The maximum absolute atomic E-state index is 12.0. The Morgan fingerprint density at radius 1 is 1.17 bits per heavy atom. The zero-order valence-electron chi connectivity index (χ0n) is 13.6. The molecule has 124 valence electrons. The number of benzene rings is 1. The molecule has 5 heteroatoms. The van der Waals surface area contributed by atoms with Gasteiger partial charge in [0.05, 0.1) is 0 Å². The van der Waals surface area contributed by atoms with Crippen molar-refractivity contribution in [3.8, 4) is 5.75 Å². The van der Waals surface area contributed by atoms with Gasteiger partial charge in [-0.25, -0.2) is 0 Å². The smallest absolute Gasteiger partial charge is 0.258 e. The Morgan fingerprint density at radius 2 is 1.87 bits per heavy atom. The molecule has 1 N–H and O–H groups in total. The number of nitrogens with zero attached hydrogens (tertiary/aromatic N) is 1. The molecule has 0 unspecified atom stereocenters. The topological polar surface area (TPSA) is 58.6 Å². The monoisotopic (exact) mass is 316 g/mol. The molecule has 23 heavy (non-hydrogen) atoms. The number of amides is 2. The number of para-hydroxylation sites is 1. The Balaban J connectivity index is 1.39. The molecule has 1 aromatic carbocycles. The summed E-state index contributed by atoms with van der Waals surface area (Å²) < 4.78 is 5.56. The summed E-state index contributed by atoms with van der Waals surface area (Å²) >= 11 is 0. The summed E-state index contributed by atoms with van der Waals surface area (Å²) in [6.07, 6.45) is 3.75. The van der Waals surface area contributed by atoms with Crippen molar-refractivity contribution in [1.29, 1.82) is 0 Å². The van der Waals surface area contributed by atoms with E-state index < -0.39 is 0 Å². The minimum Gasteiger partial charge on any atom is -0.484 e. The van der Waals surface area contributed by atoms with Crippen molar-refractivity contribution in [3.63, 3.8) is 0 Å². The Hall–Kier alpha value is -2.04. The first-order valence-electron chi connectivity index (χ1n) is 8.40. The Labute approximate surface area is 137 Å². The molecule has 1 aromatic rings. The predicted octanol–water partition coefficient (Wildman–Crippen LogP) is 1.89. The highest BCUT2D eigenvalue weighted by atomic mass is 16.5. The van der Waals surface area contributed by atoms with E-state index in [9.17, 15) is 9.59 Å². The first kappa shape index (κ1) is 15.8. The molecule has 5 nitrogen and oxygen atoms in total. The van der Waals surface area contributed by atoms with Crippen molar-refractivity contribution in [2.45, 2.75) is 38.6 Å². The van der Waals surface area contributed by atoms with E-state index >= 15 is 0 Å². The van der Waals surface area contributed by atoms with E-state index in [-0.39, 0.29) is 24.5 Å². The van der Waals surface area contributed by atoms with E-state index in [0.29, 0.717) is 5.91 Å². The summed E-state index contributed by atoms with van der Waals surface area (Å²) in [5.41, 5.74) is 1.02. The van der Waals surface area contributed by atoms with E-state index in [1.807, 2.05) is 36.1 Å². The molecule has 0 radical (unpaired) electrons. The van der Waals surface area contributed by atoms with Gasteiger partial charge >= 0.3 is 0 Å². The van der Waals surface area contributed by atoms with Gasteiger partial charge in [-0.1, -0.05) is 18.2 Å². The molecule has 2 amide bonds. The highest BCUT2D eigenvalue weighted by Crippen LogP contribution is 2.31. The lowest BCUT2D eigenvalue weighted by Gasteiger charge is -2.32. The molecule has 1 heterocycles. The van der Waals surface area contributed by atoms with E-state index in [1.54, 1.807) is 0 Å². The first-order valence-corrected chi connectivity index (χ1v) is 8.40. The summed E-state index contributed by atoms with van der Waals surface area (Å²) in [7, 11) is 0. The molecule has 2 aliphatic rings. The van der Waals surface area contributed by atoms with E-state index in [1.165, 1.54) is 0 Å². The number of carbonyl (C=O) groups excluding carboxylic acids is 2. The molecule has 2 fully saturated rings. The highest BCUT2D eigenvalue weighted by Gasteiger charge is 2.35. The van der Waals surface area contributed by atoms with Gasteiger partial charge in [-0.15, -0.1) is 0 Å². The minimum atomic E-state index is -0.0970. The molecule has 1 aliphatic carbocycles. The maximum Gasteiger partial charge on any atom is 0.258 e. The zero-order chi connectivity index (χ0) is 16.2. The minimum absolute atomic E-state index is 0.0338. The van der Waals surface area contributed by atoms with Gasteiger partial charge in [0, 0.05) is 25.0 Å². The lowest BCUT2D eigenvalue weighted by atomic mass is 10.0. The molecule has 0 atom stereocenters. The first-order chi connectivity index (χ1) is 11.1. The quantitative estimate of drug-likeness (QED) is 0.902. The number of aryl methyl sites for hydroxylation is 1. The van der Waals surface area contributed by atoms with Crippen molar-refractivity contribution >= 4 is 11.8 Å². The normalized spacial score (nSPS) is 18.6. The van der Waals surface area contributed by atoms with E-state index in [2.05, 4.69) is 5.32 Å². The fourth-order valence-electron chi connectivity index (χ4n) is 2.96. The van der Waals surface area contributed by atoms with Crippen LogP contribution in [-0.4, -0.2) is 42.5 Å². The largest absolute Gasteiger partial charge is 0.484 e. The van der Waals surface area contributed by atoms with Gasteiger partial charge < -0.3 is 15.0 Å². The lowest BCUT2D eigenvalue weighted by Crippen LogP contribution is -2.47. The summed E-state index contributed by atoms with van der Waals surface area (Å²) in [6, 6.07) is 7.81. The molecule has 1 aliphatic heterocycles. The second-order valence-corrected chi connectivity index (χ2v) is 6.50. The van der Waals surface area contributed by atoms with Crippen LogP contribution in [0.2, 0.25) is 0 Å². The van der Waals surface area contributed by atoms with Gasteiger partial charge in [-0.05, 0) is 44.2 Å². The van der Waals surface area contributed by atoms with Gasteiger partial charge in [0.15, 0.2) is 6.61 Å². The average molecular weight is 316 g/mol. The number of nitrogens with one attached hydrogen (secondary N) is 1. The number of piperidine rings is 1. The van der Waals surface area contributed by atoms with Crippen LogP contribution in [0.1, 0.15) is 31.2 Å². The highest BCUT2D eigenvalue weighted by molar-refractivity contribution is 5.81. The zero-order valence-corrected chi connectivity index (χ0v) is 13.6. The molecule has 1 saturated heterocycles. The molecule has 0 aromatic heterocycles. The maximum atomic E-state index is 12.0. The molecular formula is C18H24N2O3. The van der Waals surface area contributed by atoms with Crippen molar-refractivity contribution in [2.75, 3.05) is 19.7 Å². The second kappa shape index (κ2) is 7.02. The van der Waals surface area contributed by atoms with E-state index in [0.717, 1.165) is 50.1 Å². The van der Waals surface area contributed by atoms with Crippen LogP contribution in [0, 0.1) is 12.8 Å². The molecule has 1 saturated carbocycles. The third kappa shape index (κ3) is 4.24. The van der Waals surface area contributed by atoms with Crippen LogP contribution in [0.3, 0.4) is 0 Å². The Bertz CT molecular complexity index is 575. The summed E-state index contributed by atoms with van der Waals surface area (Å²) in [5, 5.41) is 3.01. The van der Waals surface area contributed by atoms with Crippen LogP contribution in [0.4, 0.5) is 0 Å². The summed E-state index contributed by atoms with van der Waals surface area (Å²) in [6.45, 7) is 3.49. The number of ether oxygens (including phenoxy) is 1. The number of hydrogen-bond acceptors (Lipinski definition) is 3. The van der Waals surface area contributed by atoms with Crippen LogP contribution in [0.15, 0.2) is 24.3 Å². The van der Waals surface area contributed by atoms with Crippen LogP contribution in [0.5, 0.6) is 5.75 Å². The number of likely N-dealkylation sites (tertiary alicyclic amines) is 1. The van der Waals surface area contributed by atoms with Gasteiger partial charge in [-0.2, -0.15) is 0 Å². The predicted molar refractivity (Wildman–Crippen MR) is 87.1 cm³/mol. The van der Waals surface area contributed by atoms with Gasteiger partial charge in [0.2, 0.25) is 5.91 Å². The fraction of sp³-hybridized carbons (Fsp3) is 0.556. The average Bonchev–Trinajstić information content (AvgIpc) is 3.39. The van der Waals surface area contributed by atoms with Gasteiger partial charge in [0.25, 0.3) is 5.91 Å². The molecular weight excluding hydrogens is 292 g/mol. The second-order valence-electron chi connectivity index (χ2n) is 6.50. The molecule has 0 bridgehead atoms. The fourth-order valence-corrected chi connectivity index (χ4v) is 2.96. The van der Waals surface area contributed by atoms with Crippen LogP contribution >= 0.6 is 0 Å². The Morgan fingerprint density at radius 3 is 2.52 bits per heavy atom. The standard InChI is InChI=1S/C18H24N2O3/c1-13-4-2-3-5-16(13)23-12-17(21)19-15-8-10-20(11-9-15)18(22)14-6-7-14/h2-5,14-15H,6-12H2,1H3,(H,19,21). The van der Waals surface area contributed by atoms with Crippen LogP contribution < -0.4 is 10.1 Å². The van der Waals surface area contributed by atoms with Crippen molar-refractivity contribution in [1.82, 2.24) is 10.2 Å². The summed E-state index contributed by atoms with van der Waals surface area (Å²) in [5.74, 6) is 1.23. The Kier molecular flexibility index (Phi) is 4.84. The van der Waals surface area contributed by atoms with Crippen molar-refractivity contribution in [2.24, 2.45) is 5.92 Å². The van der Waals surface area contributed by atoms with Crippen molar-refractivity contribution in [3.05, 3.63) is 29.8 Å². The van der Waals surface area contributed by atoms with Gasteiger partial charge in [0.1, 0.15) is 5.75 Å². The summed E-state index contributed by atoms with van der Waals surface area (Å²) in [4.78, 5) is 26.0. The van der Waals surface area contributed by atoms with Gasteiger partial charge in [-0.3, -0.25) is 9.59 Å². The third-order valence-corrected chi connectivity index (χ3v) is 4.55. The third-order valence-electron chi connectivity index (χ3n) is 4.55. The number of rotatable bonds is 5. The molecule has 3 rings (SSSR count). The van der Waals surface area contributed by atoms with Crippen LogP contribution in [-0.2, 0) is 9.59 Å². The lowest BCUT2D eigenvalue weighted by molar-refractivity contribution is -0.133.